The van der Waals surface area contributed by atoms with Gasteiger partial charge in [-0.25, -0.2) is 8.78 Å². The van der Waals surface area contributed by atoms with Gasteiger partial charge >= 0.3 is 0 Å². The number of benzene rings is 2. The van der Waals surface area contributed by atoms with Crippen LogP contribution in [0.15, 0.2) is 36.4 Å². The number of hydrogen-bond acceptors (Lipinski definition) is 1. The Morgan fingerprint density at radius 1 is 0.750 bits per heavy atom. The van der Waals surface area contributed by atoms with E-state index in [4.69, 9.17) is 4.74 Å². The second-order valence-corrected chi connectivity index (χ2v) is 11.7. The zero-order valence-corrected chi connectivity index (χ0v) is 22.8. The largest absolute Gasteiger partial charge is 0.377 e. The Kier molecular flexibility index (Phi) is 9.25. The lowest BCUT2D eigenvalue weighted by molar-refractivity contribution is 0.0305. The van der Waals surface area contributed by atoms with Gasteiger partial charge in [0.15, 0.2) is 0 Å². The Bertz CT molecular complexity index is 932. The van der Waals surface area contributed by atoms with Gasteiger partial charge in [-0.05, 0) is 91.0 Å². The summed E-state index contributed by atoms with van der Waals surface area (Å²) in [5, 5.41) is 0. The van der Waals surface area contributed by atoms with Crippen molar-refractivity contribution in [2.24, 2.45) is 5.41 Å². The molecule has 0 spiro atoms. The van der Waals surface area contributed by atoms with Gasteiger partial charge < -0.3 is 4.74 Å². The monoisotopic (exact) mass is 496 g/mol. The highest BCUT2D eigenvalue weighted by Gasteiger charge is 2.48. The average molecular weight is 497 g/mol. The zero-order chi connectivity index (χ0) is 25.6. The maximum Gasteiger partial charge on any atom is 0.132 e. The lowest BCUT2D eigenvalue weighted by Crippen LogP contribution is -2.44. The maximum absolute atomic E-state index is 15.1. The van der Waals surface area contributed by atoms with Crippen LogP contribution in [0.1, 0.15) is 127 Å². The number of halogens is 2. The van der Waals surface area contributed by atoms with Crippen LogP contribution in [0.2, 0.25) is 0 Å². The Balaban J connectivity index is 1.45. The van der Waals surface area contributed by atoms with Gasteiger partial charge in [0.1, 0.15) is 11.6 Å². The fraction of sp³-hybridized carbons (Fsp3) is 0.636. The van der Waals surface area contributed by atoms with Gasteiger partial charge in [0, 0.05) is 7.11 Å². The Morgan fingerprint density at radius 2 is 1.33 bits per heavy atom. The summed E-state index contributed by atoms with van der Waals surface area (Å²) >= 11 is 0. The normalized spacial score (nSPS) is 24.2. The van der Waals surface area contributed by atoms with E-state index < -0.39 is 17.7 Å². The van der Waals surface area contributed by atoms with E-state index in [9.17, 15) is 0 Å². The van der Waals surface area contributed by atoms with E-state index in [1.165, 1.54) is 81.9 Å². The molecule has 1 unspecified atom stereocenters. The predicted molar refractivity (Wildman–Crippen MR) is 146 cm³/mol. The molecule has 0 heterocycles. The standard InChI is InChI=1S/C33H46F2O/c1-4-6-8-9-11-30(36-3)31-28(34)23-26(24-29(31)35)25-12-14-27(15-13-25)33-20-17-32(18-21-33,19-22-33)16-10-7-5-2/h12-15,23-24,30H,4-11,16-22H2,1-3H3. The number of methoxy groups -OCH3 is 1. The van der Waals surface area contributed by atoms with Crippen molar-refractivity contribution in [3.05, 3.63) is 59.2 Å². The first-order chi connectivity index (χ1) is 17.5. The Labute approximate surface area is 218 Å². The lowest BCUT2D eigenvalue weighted by atomic mass is 9.51. The van der Waals surface area contributed by atoms with Crippen molar-refractivity contribution in [1.82, 2.24) is 0 Å². The van der Waals surface area contributed by atoms with Crippen molar-refractivity contribution < 1.29 is 13.5 Å². The summed E-state index contributed by atoms with van der Waals surface area (Å²) in [5.74, 6) is -1.01. The van der Waals surface area contributed by atoms with Crippen LogP contribution in [-0.4, -0.2) is 7.11 Å². The number of unbranched alkanes of at least 4 members (excludes halogenated alkanes) is 5. The summed E-state index contributed by atoms with van der Waals surface area (Å²) in [6.45, 7) is 4.44. The first-order valence-electron chi connectivity index (χ1n) is 14.6. The van der Waals surface area contributed by atoms with E-state index in [1.54, 1.807) is 7.11 Å². The van der Waals surface area contributed by atoms with Crippen LogP contribution in [0.4, 0.5) is 8.78 Å². The molecule has 5 rings (SSSR count). The van der Waals surface area contributed by atoms with Crippen LogP contribution in [-0.2, 0) is 10.2 Å². The van der Waals surface area contributed by atoms with Crippen LogP contribution in [0, 0.1) is 17.0 Å². The molecule has 0 aliphatic heterocycles. The van der Waals surface area contributed by atoms with Crippen molar-refractivity contribution in [1.29, 1.82) is 0 Å². The third kappa shape index (κ3) is 5.87. The molecule has 2 aromatic carbocycles. The molecule has 3 heteroatoms. The minimum atomic E-state index is -0.538. The Hall–Kier alpha value is -1.74. The van der Waals surface area contributed by atoms with Crippen molar-refractivity contribution in [2.45, 2.75) is 122 Å². The minimum absolute atomic E-state index is 0.0695. The van der Waals surface area contributed by atoms with Crippen LogP contribution in [0.25, 0.3) is 11.1 Å². The second kappa shape index (κ2) is 12.2. The van der Waals surface area contributed by atoms with E-state index in [1.807, 2.05) is 0 Å². The molecule has 2 aromatic rings. The first-order valence-corrected chi connectivity index (χ1v) is 14.6. The predicted octanol–water partition coefficient (Wildman–Crippen LogP) is 10.5. The van der Waals surface area contributed by atoms with Gasteiger partial charge in [-0.2, -0.15) is 0 Å². The fourth-order valence-corrected chi connectivity index (χ4v) is 7.03. The molecular weight excluding hydrogens is 450 g/mol. The molecular formula is C33H46F2O. The van der Waals surface area contributed by atoms with Gasteiger partial charge in [0.25, 0.3) is 0 Å². The highest BCUT2D eigenvalue weighted by molar-refractivity contribution is 5.65. The summed E-state index contributed by atoms with van der Waals surface area (Å²) in [7, 11) is 1.54. The lowest BCUT2D eigenvalue weighted by Gasteiger charge is -2.54. The van der Waals surface area contributed by atoms with Gasteiger partial charge in [-0.15, -0.1) is 0 Å². The zero-order valence-electron chi connectivity index (χ0n) is 22.8. The van der Waals surface area contributed by atoms with Gasteiger partial charge in [0.05, 0.1) is 11.7 Å². The minimum Gasteiger partial charge on any atom is -0.377 e. The number of hydrogen-bond donors (Lipinski definition) is 0. The molecule has 3 fully saturated rings. The summed E-state index contributed by atoms with van der Waals surface area (Å²) in [6, 6.07) is 11.5. The maximum atomic E-state index is 15.1. The van der Waals surface area contributed by atoms with Gasteiger partial charge in [-0.3, -0.25) is 0 Å². The van der Waals surface area contributed by atoms with Gasteiger partial charge in [0.2, 0.25) is 0 Å². The van der Waals surface area contributed by atoms with Crippen LogP contribution in [0.3, 0.4) is 0 Å². The highest BCUT2D eigenvalue weighted by Crippen LogP contribution is 2.59. The molecule has 0 aromatic heterocycles. The quantitative estimate of drug-likeness (QED) is 0.251. The Morgan fingerprint density at radius 3 is 1.89 bits per heavy atom. The molecule has 1 nitrogen and oxygen atoms in total. The molecule has 0 N–H and O–H groups in total. The molecule has 198 valence electrons. The van der Waals surface area contributed by atoms with Crippen LogP contribution >= 0.6 is 0 Å². The highest BCUT2D eigenvalue weighted by atomic mass is 19.1. The van der Waals surface area contributed by atoms with Crippen LogP contribution < -0.4 is 0 Å². The molecule has 36 heavy (non-hydrogen) atoms. The molecule has 1 atom stereocenters. The van der Waals surface area contributed by atoms with E-state index in [0.29, 0.717) is 22.8 Å². The smallest absolute Gasteiger partial charge is 0.132 e. The number of ether oxygens (including phenoxy) is 1. The SMILES string of the molecule is CCCCCCC(OC)c1c(F)cc(-c2ccc(C34CCC(CCCCC)(CC3)CC4)cc2)cc1F. The topological polar surface area (TPSA) is 9.23 Å². The third-order valence-electron chi connectivity index (χ3n) is 9.55. The van der Waals surface area contributed by atoms with E-state index >= 15 is 8.78 Å². The van der Waals surface area contributed by atoms with Crippen molar-refractivity contribution >= 4 is 0 Å². The summed E-state index contributed by atoms with van der Waals surface area (Å²) in [5.41, 5.74) is 3.86. The first kappa shape index (κ1) is 27.3. The number of fused-ring (bicyclic) bond motifs is 3. The molecule has 2 bridgehead atoms. The molecule has 0 amide bonds. The van der Waals surface area contributed by atoms with Crippen molar-refractivity contribution in [3.8, 4) is 11.1 Å². The van der Waals surface area contributed by atoms with E-state index in [-0.39, 0.29) is 5.56 Å². The number of rotatable bonds is 13. The van der Waals surface area contributed by atoms with Gasteiger partial charge in [-0.1, -0.05) is 83.1 Å². The van der Waals surface area contributed by atoms with E-state index in [2.05, 4.69) is 38.1 Å². The summed E-state index contributed by atoms with van der Waals surface area (Å²) in [6.07, 6.45) is 17.7. The van der Waals surface area contributed by atoms with E-state index in [0.717, 1.165) is 31.2 Å². The summed E-state index contributed by atoms with van der Waals surface area (Å²) in [4.78, 5) is 0. The molecule has 3 aliphatic rings. The van der Waals surface area contributed by atoms with Crippen LogP contribution in [0.5, 0.6) is 0 Å². The molecule has 0 radical (unpaired) electrons. The second-order valence-electron chi connectivity index (χ2n) is 11.7. The van der Waals surface area contributed by atoms with Crippen molar-refractivity contribution in [2.75, 3.05) is 7.11 Å². The molecule has 3 aliphatic carbocycles. The third-order valence-corrected chi connectivity index (χ3v) is 9.55. The summed E-state index contributed by atoms with van der Waals surface area (Å²) < 4.78 is 35.7. The molecule has 3 saturated carbocycles. The molecule has 0 saturated heterocycles. The fourth-order valence-electron chi connectivity index (χ4n) is 7.03. The average Bonchev–Trinajstić information content (AvgIpc) is 2.91. The van der Waals surface area contributed by atoms with Crippen molar-refractivity contribution in [3.63, 3.8) is 0 Å².